The molecule has 2 aliphatic rings. The third-order valence-corrected chi connectivity index (χ3v) is 3.97. The molecule has 0 spiro atoms. The summed E-state index contributed by atoms with van der Waals surface area (Å²) in [6.45, 7) is 4.72. The van der Waals surface area contributed by atoms with E-state index in [9.17, 15) is 0 Å². The molecule has 0 saturated carbocycles. The zero-order valence-electron chi connectivity index (χ0n) is 10.8. The van der Waals surface area contributed by atoms with Gasteiger partial charge < -0.3 is 10.2 Å². The van der Waals surface area contributed by atoms with Crippen molar-refractivity contribution in [2.24, 2.45) is 11.8 Å². The van der Waals surface area contributed by atoms with Crippen molar-refractivity contribution in [3.05, 3.63) is 0 Å². The van der Waals surface area contributed by atoms with E-state index < -0.39 is 0 Å². The first-order valence-corrected chi connectivity index (χ1v) is 6.79. The van der Waals surface area contributed by atoms with Crippen molar-refractivity contribution in [2.45, 2.75) is 31.7 Å². The van der Waals surface area contributed by atoms with Gasteiger partial charge in [0, 0.05) is 19.1 Å². The zero-order chi connectivity index (χ0) is 11.4. The Labute approximate surface area is 100.0 Å². The predicted molar refractivity (Wildman–Crippen MR) is 67.7 cm³/mol. The molecule has 16 heavy (non-hydrogen) atoms. The third-order valence-electron chi connectivity index (χ3n) is 3.97. The normalized spacial score (nSPS) is 36.6. The maximum Gasteiger partial charge on any atom is 0.0326 e. The average molecular weight is 224 g/mol. The van der Waals surface area contributed by atoms with E-state index in [-0.39, 0.29) is 0 Å². The number of rotatable bonds is 3. The highest BCUT2D eigenvalue weighted by atomic mass is 15.1. The van der Waals surface area contributed by atoms with Gasteiger partial charge in [0.1, 0.15) is 0 Å². The molecular weight excluding hydrogens is 198 g/mol. The number of hydrogen-bond acceptors (Lipinski definition) is 2. The maximum atomic E-state index is 4.92. The Balaban J connectivity index is 1.92. The molecule has 1 radical (unpaired) electrons. The van der Waals surface area contributed by atoms with Gasteiger partial charge in [0.05, 0.1) is 0 Å². The summed E-state index contributed by atoms with van der Waals surface area (Å²) in [5, 5.41) is 8.45. The zero-order valence-corrected chi connectivity index (χ0v) is 10.8. The SMILES string of the molecule is CN(C)CC1CCC[N]C1C1CCCNC1. The van der Waals surface area contributed by atoms with Crippen molar-refractivity contribution in [3.8, 4) is 0 Å². The number of nitrogens with zero attached hydrogens (tertiary/aromatic N) is 2. The summed E-state index contributed by atoms with van der Waals surface area (Å²) in [7, 11) is 4.37. The number of hydrogen-bond donors (Lipinski definition) is 1. The monoisotopic (exact) mass is 224 g/mol. The lowest BCUT2D eigenvalue weighted by Gasteiger charge is -2.39. The lowest BCUT2D eigenvalue weighted by molar-refractivity contribution is 0.148. The minimum absolute atomic E-state index is 0.629. The first kappa shape index (κ1) is 12.3. The van der Waals surface area contributed by atoms with Crippen LogP contribution in [-0.2, 0) is 0 Å². The molecule has 2 aliphatic heterocycles. The molecule has 3 heteroatoms. The predicted octanol–water partition coefficient (Wildman–Crippen LogP) is 0.931. The second-order valence-corrected chi connectivity index (χ2v) is 5.67. The molecule has 0 aromatic carbocycles. The lowest BCUT2D eigenvalue weighted by atomic mass is 9.79. The van der Waals surface area contributed by atoms with Crippen LogP contribution in [0, 0.1) is 11.8 Å². The molecular formula is C13H26N3. The van der Waals surface area contributed by atoms with Gasteiger partial charge in [0.15, 0.2) is 0 Å². The summed E-state index contributed by atoms with van der Waals surface area (Å²) >= 11 is 0. The van der Waals surface area contributed by atoms with Crippen molar-refractivity contribution >= 4 is 0 Å². The van der Waals surface area contributed by atoms with E-state index in [1.54, 1.807) is 0 Å². The average Bonchev–Trinajstić information content (AvgIpc) is 2.30. The Morgan fingerprint density at radius 2 is 2.12 bits per heavy atom. The molecule has 2 rings (SSSR count). The molecule has 0 amide bonds. The first-order valence-electron chi connectivity index (χ1n) is 6.79. The van der Waals surface area contributed by atoms with Gasteiger partial charge in [-0.1, -0.05) is 0 Å². The second kappa shape index (κ2) is 5.99. The number of nitrogens with one attached hydrogen (secondary N) is 1. The molecule has 0 aromatic heterocycles. The van der Waals surface area contributed by atoms with Crippen LogP contribution in [0.1, 0.15) is 25.7 Å². The van der Waals surface area contributed by atoms with E-state index in [4.69, 9.17) is 5.32 Å². The van der Waals surface area contributed by atoms with E-state index in [0.717, 1.165) is 18.4 Å². The molecule has 2 saturated heterocycles. The Morgan fingerprint density at radius 1 is 1.25 bits per heavy atom. The van der Waals surface area contributed by atoms with Crippen LogP contribution in [0.15, 0.2) is 0 Å². The second-order valence-electron chi connectivity index (χ2n) is 5.67. The molecule has 1 N–H and O–H groups in total. The summed E-state index contributed by atoms with van der Waals surface area (Å²) in [6.07, 6.45) is 5.40. The van der Waals surface area contributed by atoms with Crippen LogP contribution in [0.25, 0.3) is 0 Å². The molecule has 0 bridgehead atoms. The van der Waals surface area contributed by atoms with E-state index in [0.29, 0.717) is 6.04 Å². The molecule has 2 fully saturated rings. The van der Waals surface area contributed by atoms with Crippen molar-refractivity contribution in [1.82, 2.24) is 15.5 Å². The molecule has 0 aliphatic carbocycles. The van der Waals surface area contributed by atoms with Gasteiger partial charge in [-0.2, -0.15) is 0 Å². The van der Waals surface area contributed by atoms with E-state index in [1.165, 1.54) is 45.3 Å². The van der Waals surface area contributed by atoms with Crippen LogP contribution in [0.4, 0.5) is 0 Å². The van der Waals surface area contributed by atoms with Crippen LogP contribution >= 0.6 is 0 Å². The van der Waals surface area contributed by atoms with Crippen LogP contribution < -0.4 is 10.6 Å². The van der Waals surface area contributed by atoms with Crippen LogP contribution in [0.5, 0.6) is 0 Å². The molecule has 3 atom stereocenters. The largest absolute Gasteiger partial charge is 0.316 e. The van der Waals surface area contributed by atoms with E-state index >= 15 is 0 Å². The minimum atomic E-state index is 0.629. The number of piperidine rings is 2. The van der Waals surface area contributed by atoms with Crippen molar-refractivity contribution in [1.29, 1.82) is 0 Å². The molecule has 3 nitrogen and oxygen atoms in total. The van der Waals surface area contributed by atoms with E-state index in [1.807, 2.05) is 0 Å². The van der Waals surface area contributed by atoms with E-state index in [2.05, 4.69) is 24.3 Å². The van der Waals surface area contributed by atoms with Crippen molar-refractivity contribution in [2.75, 3.05) is 40.3 Å². The highest BCUT2D eigenvalue weighted by Gasteiger charge is 2.33. The van der Waals surface area contributed by atoms with Crippen LogP contribution in [0.2, 0.25) is 0 Å². The summed E-state index contributed by atoms with van der Waals surface area (Å²) < 4.78 is 0. The standard InChI is InChI=1S/C13H26N3/c1-16(2)10-12-6-4-8-15-13(12)11-5-3-7-14-9-11/h11-14H,3-10H2,1-2H3. The highest BCUT2D eigenvalue weighted by molar-refractivity contribution is 4.89. The van der Waals surface area contributed by atoms with Gasteiger partial charge in [-0.15, -0.1) is 0 Å². The topological polar surface area (TPSA) is 29.4 Å². The Hall–Kier alpha value is -0.120. The summed E-state index contributed by atoms with van der Waals surface area (Å²) in [6, 6.07) is 0.629. The lowest BCUT2D eigenvalue weighted by Crippen LogP contribution is -2.49. The van der Waals surface area contributed by atoms with Gasteiger partial charge in [-0.25, -0.2) is 5.32 Å². The Kier molecular flexibility index (Phi) is 4.62. The van der Waals surface area contributed by atoms with Crippen molar-refractivity contribution in [3.63, 3.8) is 0 Å². The third kappa shape index (κ3) is 3.19. The smallest absolute Gasteiger partial charge is 0.0326 e. The van der Waals surface area contributed by atoms with Gasteiger partial charge in [0.2, 0.25) is 0 Å². The highest BCUT2D eigenvalue weighted by Crippen LogP contribution is 2.27. The maximum absolute atomic E-state index is 4.92. The van der Waals surface area contributed by atoms with Crippen LogP contribution in [0.3, 0.4) is 0 Å². The fraction of sp³-hybridized carbons (Fsp3) is 1.00. The van der Waals surface area contributed by atoms with Gasteiger partial charge in [0.25, 0.3) is 0 Å². The quantitative estimate of drug-likeness (QED) is 0.773. The first-order chi connectivity index (χ1) is 7.77. The molecule has 0 aromatic rings. The van der Waals surface area contributed by atoms with Crippen molar-refractivity contribution < 1.29 is 0 Å². The van der Waals surface area contributed by atoms with Gasteiger partial charge in [-0.05, 0) is 64.7 Å². The summed E-state index contributed by atoms with van der Waals surface area (Å²) in [5.74, 6) is 1.60. The molecule has 2 heterocycles. The van der Waals surface area contributed by atoms with Gasteiger partial charge >= 0.3 is 0 Å². The minimum Gasteiger partial charge on any atom is -0.316 e. The van der Waals surface area contributed by atoms with Gasteiger partial charge in [-0.3, -0.25) is 0 Å². The Bertz CT molecular complexity index is 199. The Morgan fingerprint density at radius 3 is 2.81 bits per heavy atom. The fourth-order valence-corrected chi connectivity index (χ4v) is 3.29. The molecule has 3 unspecified atom stereocenters. The summed E-state index contributed by atoms with van der Waals surface area (Å²) in [4.78, 5) is 2.33. The summed E-state index contributed by atoms with van der Waals surface area (Å²) in [5.41, 5.74) is 0. The van der Waals surface area contributed by atoms with Crippen LogP contribution in [-0.4, -0.2) is 51.2 Å². The fourth-order valence-electron chi connectivity index (χ4n) is 3.29. The molecule has 93 valence electrons.